The van der Waals surface area contributed by atoms with Crippen LogP contribution in [0.4, 0.5) is 0 Å². The normalized spacial score (nSPS) is 13.9. The number of rotatable bonds is 18. The quantitative estimate of drug-likeness (QED) is 0.0337. The highest BCUT2D eigenvalue weighted by atomic mass is 28.4. The molecule has 4 aromatic rings. The number of esters is 1. The molecule has 1 aromatic heterocycles. The van der Waals surface area contributed by atoms with Crippen molar-refractivity contribution in [2.75, 3.05) is 27.6 Å². The lowest BCUT2D eigenvalue weighted by Crippen LogP contribution is -2.66. The van der Waals surface area contributed by atoms with E-state index in [0.717, 1.165) is 40.7 Å². The van der Waals surface area contributed by atoms with Crippen LogP contribution in [0.2, 0.25) is 5.04 Å². The highest BCUT2D eigenvalue weighted by Gasteiger charge is 2.50. The molecule has 50 heavy (non-hydrogen) atoms. The third kappa shape index (κ3) is 8.89. The molecule has 0 amide bonds. The van der Waals surface area contributed by atoms with Gasteiger partial charge in [0.1, 0.15) is 17.4 Å². The number of carbonyl (C=O) groups excluding carboxylic acids is 1. The van der Waals surface area contributed by atoms with E-state index in [1.807, 2.05) is 26.0 Å². The van der Waals surface area contributed by atoms with Gasteiger partial charge in [-0.25, -0.2) is 0 Å². The van der Waals surface area contributed by atoms with Gasteiger partial charge in [0.25, 0.3) is 8.32 Å². The molecular weight excluding hydrogens is 645 g/mol. The number of ether oxygens (including phenoxy) is 4. The lowest BCUT2D eigenvalue weighted by atomic mass is 9.94. The van der Waals surface area contributed by atoms with Crippen LogP contribution in [0.25, 0.3) is 11.0 Å². The Morgan fingerprint density at radius 2 is 1.56 bits per heavy atom. The predicted molar refractivity (Wildman–Crippen MR) is 204 cm³/mol. The number of hydrogen-bond acceptors (Lipinski definition) is 7. The fraction of sp³-hybridized carbons (Fsp3) is 0.452. The van der Waals surface area contributed by atoms with Crippen molar-refractivity contribution in [3.63, 3.8) is 0 Å². The maximum Gasteiger partial charge on any atom is 0.306 e. The average Bonchev–Trinajstić information content (AvgIpc) is 3.53. The van der Waals surface area contributed by atoms with E-state index in [9.17, 15) is 4.79 Å². The molecule has 0 aliphatic rings. The maximum absolute atomic E-state index is 13.2. The molecule has 0 N–H and O–H groups in total. The van der Waals surface area contributed by atoms with E-state index in [1.54, 1.807) is 14.2 Å². The van der Waals surface area contributed by atoms with Crippen LogP contribution in [0, 0.1) is 12.8 Å². The second-order valence-electron chi connectivity index (χ2n) is 14.5. The zero-order valence-electron chi connectivity index (χ0n) is 31.5. The minimum Gasteiger partial charge on any atom is -0.492 e. The van der Waals surface area contributed by atoms with E-state index in [-0.39, 0.29) is 42.2 Å². The second-order valence-corrected chi connectivity index (χ2v) is 18.8. The smallest absolute Gasteiger partial charge is 0.306 e. The number of hydrogen-bond donors (Lipinski definition) is 0. The molecule has 3 aromatic carbocycles. The zero-order chi connectivity index (χ0) is 36.5. The van der Waals surface area contributed by atoms with E-state index in [4.69, 9.17) is 27.8 Å². The highest BCUT2D eigenvalue weighted by Crippen LogP contribution is 2.40. The van der Waals surface area contributed by atoms with Crippen LogP contribution < -0.4 is 19.8 Å². The van der Waals surface area contributed by atoms with Gasteiger partial charge in [0.2, 0.25) is 0 Å². The Morgan fingerprint density at radius 3 is 2.10 bits per heavy atom. The number of carbonyl (C=O) groups is 1. The van der Waals surface area contributed by atoms with Crippen molar-refractivity contribution in [1.82, 2.24) is 0 Å². The van der Waals surface area contributed by atoms with Crippen LogP contribution in [0.3, 0.4) is 0 Å². The van der Waals surface area contributed by atoms with Crippen LogP contribution in [0.1, 0.15) is 84.5 Å². The van der Waals surface area contributed by atoms with Crippen LogP contribution >= 0.6 is 0 Å². The highest BCUT2D eigenvalue weighted by molar-refractivity contribution is 6.99. The molecule has 270 valence electrons. The van der Waals surface area contributed by atoms with Crippen LogP contribution in [-0.4, -0.2) is 48.0 Å². The van der Waals surface area contributed by atoms with Gasteiger partial charge in [0.05, 0.1) is 7.11 Å². The molecule has 0 radical (unpaired) electrons. The summed E-state index contributed by atoms with van der Waals surface area (Å²) in [6.45, 7) is 19.9. The molecule has 0 unspecified atom stereocenters. The minimum absolute atomic E-state index is 0.00279. The predicted octanol–water partition coefficient (Wildman–Crippen LogP) is 9.10. The van der Waals surface area contributed by atoms with E-state index < -0.39 is 8.32 Å². The molecule has 0 aliphatic heterocycles. The Hall–Kier alpha value is -3.85. The van der Waals surface area contributed by atoms with E-state index in [2.05, 4.69) is 102 Å². The first kappa shape index (κ1) is 38.9. The first-order chi connectivity index (χ1) is 23.8. The summed E-state index contributed by atoms with van der Waals surface area (Å²) in [5, 5.41) is 3.37. The topological polar surface area (TPSA) is 76.4 Å². The SMILES string of the molecule is C=C(C)[C@@H](OC(=O)CC[C@H](C)c1cc2cc(OCOC)c(OC)c(C)c2o1)[C@@H](C)CCCO[Si](c1ccccc1)(c1ccccc1)C(C)(C)C. The Bertz CT molecular complexity index is 1650. The molecule has 7 nitrogen and oxygen atoms in total. The van der Waals surface area contributed by atoms with Gasteiger partial charge >= 0.3 is 5.97 Å². The van der Waals surface area contributed by atoms with Gasteiger partial charge < -0.3 is 27.8 Å². The lowest BCUT2D eigenvalue weighted by molar-refractivity contribution is -0.149. The average molecular weight is 701 g/mol. The van der Waals surface area contributed by atoms with Crippen molar-refractivity contribution in [3.05, 3.63) is 96.3 Å². The standard InChI is InChI=1S/C42H56O7Si/c1-29(2)39(31(4)18-17-25-47-50(42(6,7)8,34-19-13-11-14-20-34)35-21-15-12-16-22-35)49-38(43)24-23-30(3)36-26-33-27-37(46-28-44-9)41(45-10)32(5)40(33)48-36/h11-16,19-22,26-27,30-31,39H,1,17-18,23-25,28H2,2-10H3/t30-,31-,39+/m0/s1. The molecule has 1 heterocycles. The van der Waals surface area contributed by atoms with Gasteiger partial charge in [-0.2, -0.15) is 0 Å². The Labute approximate surface area is 300 Å². The van der Waals surface area contributed by atoms with Crippen molar-refractivity contribution < 1.29 is 32.6 Å². The second kappa shape index (κ2) is 17.4. The lowest BCUT2D eigenvalue weighted by Gasteiger charge is -2.43. The molecule has 0 spiro atoms. The molecule has 0 aliphatic carbocycles. The van der Waals surface area contributed by atoms with Gasteiger partial charge in [-0.05, 0) is 72.1 Å². The Kier molecular flexibility index (Phi) is 13.5. The third-order valence-corrected chi connectivity index (χ3v) is 14.6. The van der Waals surface area contributed by atoms with Gasteiger partial charge in [-0.1, -0.05) is 102 Å². The molecule has 0 saturated heterocycles. The Morgan fingerprint density at radius 1 is 0.940 bits per heavy atom. The van der Waals surface area contributed by atoms with Gasteiger partial charge in [-0.3, -0.25) is 4.79 Å². The van der Waals surface area contributed by atoms with Gasteiger partial charge in [0.15, 0.2) is 18.3 Å². The number of benzene rings is 3. The summed E-state index contributed by atoms with van der Waals surface area (Å²) in [5.74, 6) is 1.87. The van der Waals surface area contributed by atoms with Crippen molar-refractivity contribution in [2.24, 2.45) is 5.92 Å². The number of furan rings is 1. The third-order valence-electron chi connectivity index (χ3n) is 9.58. The summed E-state index contributed by atoms with van der Waals surface area (Å²) in [6, 6.07) is 25.3. The number of aryl methyl sites for hydroxylation is 1. The first-order valence-corrected chi connectivity index (χ1v) is 19.6. The van der Waals surface area contributed by atoms with Crippen molar-refractivity contribution >= 4 is 35.6 Å². The molecule has 3 atom stereocenters. The van der Waals surface area contributed by atoms with E-state index in [0.29, 0.717) is 24.5 Å². The number of fused-ring (bicyclic) bond motifs is 1. The van der Waals surface area contributed by atoms with E-state index in [1.165, 1.54) is 10.4 Å². The van der Waals surface area contributed by atoms with Gasteiger partial charge in [-0.15, -0.1) is 0 Å². The summed E-state index contributed by atoms with van der Waals surface area (Å²) in [7, 11) is 0.582. The molecule has 0 saturated carbocycles. The van der Waals surface area contributed by atoms with Crippen LogP contribution in [-0.2, 0) is 18.7 Å². The summed E-state index contributed by atoms with van der Waals surface area (Å²) in [5.41, 5.74) is 2.44. The first-order valence-electron chi connectivity index (χ1n) is 17.7. The van der Waals surface area contributed by atoms with Crippen LogP contribution in [0.15, 0.2) is 89.4 Å². The van der Waals surface area contributed by atoms with E-state index >= 15 is 0 Å². The van der Waals surface area contributed by atoms with Crippen molar-refractivity contribution in [1.29, 1.82) is 0 Å². The summed E-state index contributed by atoms with van der Waals surface area (Å²) in [6.07, 6.45) is 2.19. The number of methoxy groups -OCH3 is 2. The van der Waals surface area contributed by atoms with Gasteiger partial charge in [0, 0.05) is 37.0 Å². The molecule has 8 heteroatoms. The maximum atomic E-state index is 13.2. The fourth-order valence-corrected chi connectivity index (χ4v) is 11.6. The molecular formula is C42H56O7Si. The summed E-state index contributed by atoms with van der Waals surface area (Å²) < 4.78 is 35.8. The Balaban J connectivity index is 1.37. The van der Waals surface area contributed by atoms with Crippen LogP contribution in [0.5, 0.6) is 11.5 Å². The molecule has 0 bridgehead atoms. The van der Waals surface area contributed by atoms with Crippen molar-refractivity contribution in [3.8, 4) is 11.5 Å². The monoisotopic (exact) mass is 700 g/mol. The fourth-order valence-electron chi connectivity index (χ4n) is 6.97. The largest absolute Gasteiger partial charge is 0.492 e. The minimum atomic E-state index is -2.60. The summed E-state index contributed by atoms with van der Waals surface area (Å²) >= 11 is 0. The zero-order valence-corrected chi connectivity index (χ0v) is 32.5. The molecule has 4 rings (SSSR count). The van der Waals surface area contributed by atoms with Crippen molar-refractivity contribution in [2.45, 2.75) is 91.2 Å². The summed E-state index contributed by atoms with van der Waals surface area (Å²) in [4.78, 5) is 13.2. The molecule has 0 fully saturated rings.